The highest BCUT2D eigenvalue weighted by Gasteiger charge is 2.33. The third-order valence-electron chi connectivity index (χ3n) is 2.81. The second-order valence-electron chi connectivity index (χ2n) is 4.27. The zero-order chi connectivity index (χ0) is 15.6. The molecule has 3 nitrogen and oxygen atoms in total. The number of nitrogen functional groups attached to an aromatic ring is 1. The number of hydrogen-bond acceptors (Lipinski definition) is 3. The maximum Gasteiger partial charge on any atom is 0.418 e. The van der Waals surface area contributed by atoms with Gasteiger partial charge in [-0.2, -0.15) is 13.2 Å². The molecule has 0 saturated heterocycles. The van der Waals surface area contributed by atoms with Crippen molar-refractivity contribution < 1.29 is 22.3 Å². The van der Waals surface area contributed by atoms with Gasteiger partial charge >= 0.3 is 6.18 Å². The SMILES string of the molecule is COc1ccc(F)c(Nc2ccc(N)c(C(F)(F)F)c2)c1. The van der Waals surface area contributed by atoms with Gasteiger partial charge in [0, 0.05) is 17.4 Å². The summed E-state index contributed by atoms with van der Waals surface area (Å²) >= 11 is 0. The molecule has 112 valence electrons. The topological polar surface area (TPSA) is 47.3 Å². The Morgan fingerprint density at radius 1 is 1.10 bits per heavy atom. The molecule has 2 aromatic rings. The predicted octanol–water partition coefficient (Wildman–Crippen LogP) is 4.18. The molecule has 21 heavy (non-hydrogen) atoms. The van der Waals surface area contributed by atoms with Gasteiger partial charge in [0.05, 0.1) is 18.4 Å². The Morgan fingerprint density at radius 3 is 2.43 bits per heavy atom. The standard InChI is InChI=1S/C14H12F4N2O/c1-21-9-3-4-11(15)13(7-9)20-8-2-5-12(19)10(6-8)14(16,17)18/h2-7,20H,19H2,1H3. The molecule has 2 aromatic carbocycles. The monoisotopic (exact) mass is 300 g/mol. The average molecular weight is 300 g/mol. The van der Waals surface area contributed by atoms with Gasteiger partial charge in [0.1, 0.15) is 11.6 Å². The minimum Gasteiger partial charge on any atom is -0.497 e. The summed E-state index contributed by atoms with van der Waals surface area (Å²) in [6.07, 6.45) is -4.57. The zero-order valence-corrected chi connectivity index (χ0v) is 11.0. The zero-order valence-electron chi connectivity index (χ0n) is 11.0. The molecule has 0 radical (unpaired) electrons. The Kier molecular flexibility index (Phi) is 3.93. The van der Waals surface area contributed by atoms with Crippen molar-refractivity contribution in [2.24, 2.45) is 0 Å². The number of rotatable bonds is 3. The molecule has 0 heterocycles. The van der Waals surface area contributed by atoms with E-state index in [9.17, 15) is 17.6 Å². The lowest BCUT2D eigenvalue weighted by Gasteiger charge is -2.14. The highest BCUT2D eigenvalue weighted by Crippen LogP contribution is 2.36. The van der Waals surface area contributed by atoms with Crippen molar-refractivity contribution in [1.82, 2.24) is 0 Å². The first kappa shape index (κ1) is 15.0. The lowest BCUT2D eigenvalue weighted by molar-refractivity contribution is -0.136. The Labute approximate surface area is 118 Å². The van der Waals surface area contributed by atoms with Gasteiger partial charge in [0.25, 0.3) is 0 Å². The van der Waals surface area contributed by atoms with Crippen LogP contribution in [0.15, 0.2) is 36.4 Å². The molecular formula is C14H12F4N2O. The van der Waals surface area contributed by atoms with Gasteiger partial charge in [0.2, 0.25) is 0 Å². The van der Waals surface area contributed by atoms with Crippen LogP contribution in [0.25, 0.3) is 0 Å². The number of nitrogens with two attached hydrogens (primary N) is 1. The fourth-order valence-electron chi connectivity index (χ4n) is 1.76. The number of alkyl halides is 3. The fourth-order valence-corrected chi connectivity index (χ4v) is 1.76. The summed E-state index contributed by atoms with van der Waals surface area (Å²) in [5, 5.41) is 2.58. The average Bonchev–Trinajstić information content (AvgIpc) is 2.42. The summed E-state index contributed by atoms with van der Waals surface area (Å²) in [5.41, 5.74) is 4.02. The normalized spacial score (nSPS) is 11.3. The van der Waals surface area contributed by atoms with E-state index in [4.69, 9.17) is 10.5 Å². The lowest BCUT2D eigenvalue weighted by Crippen LogP contribution is -2.09. The number of hydrogen-bond donors (Lipinski definition) is 2. The third kappa shape index (κ3) is 3.36. The molecule has 0 bridgehead atoms. The van der Waals surface area contributed by atoms with Gasteiger partial charge in [-0.25, -0.2) is 4.39 Å². The summed E-state index contributed by atoms with van der Waals surface area (Å²) in [6.45, 7) is 0. The van der Waals surface area contributed by atoms with Gasteiger partial charge < -0.3 is 15.8 Å². The molecule has 0 aliphatic carbocycles. The molecule has 0 atom stereocenters. The van der Waals surface area contributed by atoms with Crippen molar-refractivity contribution in [1.29, 1.82) is 0 Å². The summed E-state index contributed by atoms with van der Waals surface area (Å²) in [7, 11) is 1.40. The van der Waals surface area contributed by atoms with Crippen LogP contribution in [0, 0.1) is 5.82 Å². The fraction of sp³-hybridized carbons (Fsp3) is 0.143. The van der Waals surface area contributed by atoms with Crippen LogP contribution in [0.1, 0.15) is 5.56 Å². The molecule has 2 rings (SSSR count). The van der Waals surface area contributed by atoms with E-state index in [1.807, 2.05) is 0 Å². The van der Waals surface area contributed by atoms with E-state index < -0.39 is 17.6 Å². The Morgan fingerprint density at radius 2 is 1.81 bits per heavy atom. The largest absolute Gasteiger partial charge is 0.497 e. The van der Waals surface area contributed by atoms with Crippen LogP contribution in [0.4, 0.5) is 34.6 Å². The van der Waals surface area contributed by atoms with Crippen LogP contribution >= 0.6 is 0 Å². The number of methoxy groups -OCH3 is 1. The first-order valence-electron chi connectivity index (χ1n) is 5.88. The Bertz CT molecular complexity index is 656. The molecule has 0 aliphatic heterocycles. The van der Waals surface area contributed by atoms with Crippen LogP contribution in [0.2, 0.25) is 0 Å². The summed E-state index contributed by atoms with van der Waals surface area (Å²) in [4.78, 5) is 0. The van der Waals surface area contributed by atoms with E-state index in [0.29, 0.717) is 5.75 Å². The van der Waals surface area contributed by atoms with Gasteiger partial charge in [-0.1, -0.05) is 0 Å². The van der Waals surface area contributed by atoms with Crippen molar-refractivity contribution in [3.05, 3.63) is 47.8 Å². The summed E-state index contributed by atoms with van der Waals surface area (Å²) in [6, 6.07) is 7.19. The van der Waals surface area contributed by atoms with E-state index in [1.165, 1.54) is 25.3 Å². The number of ether oxygens (including phenoxy) is 1. The number of halogens is 4. The molecule has 0 spiro atoms. The first-order valence-corrected chi connectivity index (χ1v) is 5.88. The van der Waals surface area contributed by atoms with Crippen LogP contribution in [0.3, 0.4) is 0 Å². The van der Waals surface area contributed by atoms with Crippen LogP contribution in [-0.4, -0.2) is 7.11 Å². The van der Waals surface area contributed by atoms with E-state index >= 15 is 0 Å². The predicted molar refractivity (Wildman–Crippen MR) is 72.1 cm³/mol. The van der Waals surface area contributed by atoms with E-state index in [1.54, 1.807) is 0 Å². The van der Waals surface area contributed by atoms with Crippen molar-refractivity contribution in [3.8, 4) is 5.75 Å². The molecule has 0 fully saturated rings. The van der Waals surface area contributed by atoms with Crippen molar-refractivity contribution in [2.75, 3.05) is 18.2 Å². The smallest absolute Gasteiger partial charge is 0.418 e. The van der Waals surface area contributed by atoms with Crippen LogP contribution in [-0.2, 0) is 6.18 Å². The minimum atomic E-state index is -4.57. The second-order valence-corrected chi connectivity index (χ2v) is 4.27. The Balaban J connectivity index is 2.36. The lowest BCUT2D eigenvalue weighted by atomic mass is 10.1. The second kappa shape index (κ2) is 5.51. The quantitative estimate of drug-likeness (QED) is 0.660. The van der Waals surface area contributed by atoms with Gasteiger partial charge in [-0.3, -0.25) is 0 Å². The molecule has 7 heteroatoms. The maximum absolute atomic E-state index is 13.6. The van der Waals surface area contributed by atoms with Crippen molar-refractivity contribution in [3.63, 3.8) is 0 Å². The van der Waals surface area contributed by atoms with Crippen molar-refractivity contribution >= 4 is 17.1 Å². The molecule has 0 amide bonds. The maximum atomic E-state index is 13.6. The number of anilines is 3. The van der Waals surface area contributed by atoms with E-state index in [-0.39, 0.29) is 17.1 Å². The molecule has 0 saturated carbocycles. The molecule has 0 aromatic heterocycles. The summed E-state index contributed by atoms with van der Waals surface area (Å²) in [5.74, 6) is -0.230. The van der Waals surface area contributed by atoms with Crippen LogP contribution < -0.4 is 15.8 Å². The highest BCUT2D eigenvalue weighted by atomic mass is 19.4. The van der Waals surface area contributed by atoms with Gasteiger partial charge in [-0.15, -0.1) is 0 Å². The highest BCUT2D eigenvalue weighted by molar-refractivity contribution is 5.66. The Hall–Kier alpha value is -2.44. The van der Waals surface area contributed by atoms with Gasteiger partial charge in [0.15, 0.2) is 0 Å². The molecular weight excluding hydrogens is 288 g/mol. The van der Waals surface area contributed by atoms with E-state index in [0.717, 1.165) is 18.2 Å². The van der Waals surface area contributed by atoms with Crippen LogP contribution in [0.5, 0.6) is 5.75 Å². The first-order chi connectivity index (χ1) is 9.81. The minimum absolute atomic E-state index is 0.00671. The van der Waals surface area contributed by atoms with Crippen molar-refractivity contribution in [2.45, 2.75) is 6.18 Å². The summed E-state index contributed by atoms with van der Waals surface area (Å²) < 4.78 is 56.9. The van der Waals surface area contributed by atoms with Gasteiger partial charge in [-0.05, 0) is 30.3 Å². The molecule has 0 aliphatic rings. The number of benzene rings is 2. The third-order valence-corrected chi connectivity index (χ3v) is 2.81. The molecule has 3 N–H and O–H groups in total. The number of nitrogens with one attached hydrogen (secondary N) is 1. The molecule has 0 unspecified atom stereocenters. The van der Waals surface area contributed by atoms with E-state index in [2.05, 4.69) is 5.32 Å².